The summed E-state index contributed by atoms with van der Waals surface area (Å²) in [5, 5.41) is 8.87. The Labute approximate surface area is 95.5 Å². The molecule has 0 bridgehead atoms. The van der Waals surface area contributed by atoms with Crippen LogP contribution in [0.5, 0.6) is 5.75 Å². The fourth-order valence-electron chi connectivity index (χ4n) is 1.68. The number of nitriles is 1. The molecule has 0 saturated carbocycles. The van der Waals surface area contributed by atoms with E-state index in [2.05, 4.69) is 23.0 Å². The highest BCUT2D eigenvalue weighted by molar-refractivity contribution is 5.37. The van der Waals surface area contributed by atoms with Crippen molar-refractivity contribution in [2.75, 3.05) is 20.2 Å². The predicted octanol–water partition coefficient (Wildman–Crippen LogP) is 1.34. The summed E-state index contributed by atoms with van der Waals surface area (Å²) in [5.41, 5.74) is 1.33. The molecular weight excluding hydrogens is 202 g/mol. The predicted molar refractivity (Wildman–Crippen MR) is 60.2 cm³/mol. The van der Waals surface area contributed by atoms with Crippen molar-refractivity contribution in [1.82, 2.24) is 9.88 Å². The van der Waals surface area contributed by atoms with E-state index < -0.39 is 0 Å². The van der Waals surface area contributed by atoms with Gasteiger partial charge in [-0.3, -0.25) is 9.88 Å². The van der Waals surface area contributed by atoms with Crippen molar-refractivity contribution in [3.63, 3.8) is 0 Å². The van der Waals surface area contributed by atoms with E-state index in [1.165, 1.54) is 6.42 Å². The number of hydrogen-bond acceptors (Lipinski definition) is 4. The first-order chi connectivity index (χ1) is 7.70. The van der Waals surface area contributed by atoms with Gasteiger partial charge in [0.1, 0.15) is 18.4 Å². The highest BCUT2D eigenvalue weighted by Gasteiger charge is 2.24. The Bertz CT molecular complexity index is 425. The van der Waals surface area contributed by atoms with E-state index in [1.807, 2.05) is 6.92 Å². The summed E-state index contributed by atoms with van der Waals surface area (Å²) in [7, 11) is 2.09. The van der Waals surface area contributed by atoms with E-state index in [4.69, 9.17) is 10.00 Å². The van der Waals surface area contributed by atoms with Crippen molar-refractivity contribution < 1.29 is 4.74 Å². The second-order valence-electron chi connectivity index (χ2n) is 4.15. The van der Waals surface area contributed by atoms with E-state index in [1.54, 1.807) is 12.3 Å². The van der Waals surface area contributed by atoms with Crippen molar-refractivity contribution in [3.8, 4) is 11.8 Å². The third-order valence-corrected chi connectivity index (χ3v) is 3.06. The zero-order valence-electron chi connectivity index (χ0n) is 9.60. The number of pyridine rings is 1. The van der Waals surface area contributed by atoms with Crippen LogP contribution in [0.25, 0.3) is 0 Å². The molecule has 0 N–H and O–H groups in total. The van der Waals surface area contributed by atoms with Crippen LogP contribution in [-0.2, 0) is 0 Å². The van der Waals surface area contributed by atoms with Gasteiger partial charge in [-0.25, -0.2) is 0 Å². The summed E-state index contributed by atoms with van der Waals surface area (Å²) in [5.74, 6) is 0.683. The van der Waals surface area contributed by atoms with Crippen molar-refractivity contribution >= 4 is 0 Å². The fraction of sp³-hybridized carbons (Fsp3) is 0.500. The molecule has 2 rings (SSSR count). The molecule has 0 aliphatic carbocycles. The quantitative estimate of drug-likeness (QED) is 0.766. The minimum Gasteiger partial charge on any atom is -0.490 e. The molecule has 0 spiro atoms. The molecule has 2 heterocycles. The van der Waals surface area contributed by atoms with Crippen molar-refractivity contribution in [2.24, 2.45) is 0 Å². The summed E-state index contributed by atoms with van der Waals surface area (Å²) in [6.45, 7) is 3.64. The Hall–Kier alpha value is -1.60. The third-order valence-electron chi connectivity index (χ3n) is 3.06. The van der Waals surface area contributed by atoms with Crippen molar-refractivity contribution in [1.29, 1.82) is 5.26 Å². The molecule has 0 aromatic carbocycles. The van der Waals surface area contributed by atoms with E-state index in [0.29, 0.717) is 24.0 Å². The van der Waals surface area contributed by atoms with Gasteiger partial charge in [-0.15, -0.1) is 0 Å². The normalized spacial score (nSPS) is 19.9. The van der Waals surface area contributed by atoms with E-state index in [-0.39, 0.29) is 0 Å². The van der Waals surface area contributed by atoms with E-state index in [9.17, 15) is 0 Å². The number of aryl methyl sites for hydroxylation is 1. The molecule has 1 atom stereocenters. The lowest BCUT2D eigenvalue weighted by Gasteiger charge is -2.37. The summed E-state index contributed by atoms with van der Waals surface area (Å²) >= 11 is 0. The fourth-order valence-corrected chi connectivity index (χ4v) is 1.68. The standard InChI is InChI=1S/C12H15N3O/c1-9-10(6-13)5-12(7-14-9)16-8-11-3-4-15(11)2/h5,7,11H,3-4,8H2,1-2H3/t11-/m0/s1. The number of likely N-dealkylation sites (N-methyl/N-ethyl adjacent to an activating group) is 1. The van der Waals surface area contributed by atoms with Gasteiger partial charge >= 0.3 is 0 Å². The second-order valence-corrected chi connectivity index (χ2v) is 4.15. The molecule has 4 heteroatoms. The number of aromatic nitrogens is 1. The van der Waals surface area contributed by atoms with Gasteiger partial charge in [0, 0.05) is 12.1 Å². The van der Waals surface area contributed by atoms with E-state index in [0.717, 1.165) is 12.2 Å². The molecule has 4 nitrogen and oxygen atoms in total. The van der Waals surface area contributed by atoms with Crippen LogP contribution in [0.15, 0.2) is 12.3 Å². The average molecular weight is 217 g/mol. The Morgan fingerprint density at radius 3 is 3.06 bits per heavy atom. The summed E-state index contributed by atoms with van der Waals surface area (Å²) in [6, 6.07) is 4.36. The van der Waals surface area contributed by atoms with Gasteiger partial charge in [-0.2, -0.15) is 5.26 Å². The third kappa shape index (κ3) is 2.15. The molecule has 0 radical (unpaired) electrons. The number of nitrogens with zero attached hydrogens (tertiary/aromatic N) is 3. The Kier molecular flexibility index (Phi) is 3.07. The maximum Gasteiger partial charge on any atom is 0.139 e. The molecule has 0 amide bonds. The van der Waals surface area contributed by atoms with Crippen molar-refractivity contribution in [2.45, 2.75) is 19.4 Å². The van der Waals surface area contributed by atoms with Crippen LogP contribution in [0, 0.1) is 18.3 Å². The van der Waals surface area contributed by atoms with Crippen LogP contribution < -0.4 is 4.74 Å². The summed E-state index contributed by atoms with van der Waals surface area (Å²) in [4.78, 5) is 6.39. The largest absolute Gasteiger partial charge is 0.490 e. The Morgan fingerprint density at radius 1 is 1.69 bits per heavy atom. The molecule has 16 heavy (non-hydrogen) atoms. The molecule has 84 valence electrons. The first-order valence-corrected chi connectivity index (χ1v) is 5.40. The lowest BCUT2D eigenvalue weighted by molar-refractivity contribution is 0.0767. The van der Waals surface area contributed by atoms with Crippen LogP contribution in [0.4, 0.5) is 0 Å². The molecule has 1 aromatic rings. The number of likely N-dealkylation sites (tertiary alicyclic amines) is 1. The molecule has 1 aliphatic rings. The highest BCUT2D eigenvalue weighted by atomic mass is 16.5. The van der Waals surface area contributed by atoms with Crippen LogP contribution in [0.1, 0.15) is 17.7 Å². The topological polar surface area (TPSA) is 49.1 Å². The lowest BCUT2D eigenvalue weighted by atomic mass is 10.1. The zero-order chi connectivity index (χ0) is 11.5. The van der Waals surface area contributed by atoms with Gasteiger partial charge in [-0.1, -0.05) is 0 Å². The number of ether oxygens (including phenoxy) is 1. The summed E-state index contributed by atoms with van der Waals surface area (Å²) < 4.78 is 5.62. The Balaban J connectivity index is 1.97. The van der Waals surface area contributed by atoms with Gasteiger partial charge in [0.05, 0.1) is 17.5 Å². The van der Waals surface area contributed by atoms with Crippen LogP contribution >= 0.6 is 0 Å². The number of hydrogen-bond donors (Lipinski definition) is 0. The van der Waals surface area contributed by atoms with Crippen molar-refractivity contribution in [3.05, 3.63) is 23.5 Å². The maximum atomic E-state index is 8.87. The van der Waals surface area contributed by atoms with E-state index >= 15 is 0 Å². The monoisotopic (exact) mass is 217 g/mol. The zero-order valence-corrected chi connectivity index (χ0v) is 9.60. The second kappa shape index (κ2) is 4.50. The van der Waals surface area contributed by atoms with Gasteiger partial charge in [0.2, 0.25) is 0 Å². The van der Waals surface area contributed by atoms with Crippen LogP contribution in [0.3, 0.4) is 0 Å². The minimum atomic E-state index is 0.506. The SMILES string of the molecule is Cc1ncc(OC[C@@H]2CCN2C)cc1C#N. The van der Waals surface area contributed by atoms with Crippen LogP contribution in [0.2, 0.25) is 0 Å². The van der Waals surface area contributed by atoms with Crippen LogP contribution in [-0.4, -0.2) is 36.1 Å². The smallest absolute Gasteiger partial charge is 0.139 e. The molecular formula is C12H15N3O. The molecule has 1 fully saturated rings. The van der Waals surface area contributed by atoms with Gasteiger partial charge in [0.15, 0.2) is 0 Å². The lowest BCUT2D eigenvalue weighted by Crippen LogP contribution is -2.48. The molecule has 1 saturated heterocycles. The van der Waals surface area contributed by atoms with Gasteiger partial charge in [0.25, 0.3) is 0 Å². The van der Waals surface area contributed by atoms with Gasteiger partial charge < -0.3 is 4.74 Å². The first-order valence-electron chi connectivity index (χ1n) is 5.40. The summed E-state index contributed by atoms with van der Waals surface area (Å²) in [6.07, 6.45) is 2.86. The molecule has 0 unspecified atom stereocenters. The van der Waals surface area contributed by atoms with Gasteiger partial charge in [-0.05, 0) is 26.9 Å². The maximum absolute atomic E-state index is 8.87. The molecule has 1 aliphatic heterocycles. The number of rotatable bonds is 3. The first kappa shape index (κ1) is 10.9. The average Bonchev–Trinajstić information content (AvgIpc) is 2.29. The highest BCUT2D eigenvalue weighted by Crippen LogP contribution is 2.18. The Morgan fingerprint density at radius 2 is 2.50 bits per heavy atom. The minimum absolute atomic E-state index is 0.506. The molecule has 1 aromatic heterocycles.